The molecule has 1 aromatic carbocycles. The summed E-state index contributed by atoms with van der Waals surface area (Å²) in [6, 6.07) is 6.81. The van der Waals surface area contributed by atoms with Crippen LogP contribution in [0.15, 0.2) is 34.3 Å². The smallest absolute Gasteiger partial charge is 0.200 e. The number of hydrogen-bond acceptors (Lipinski definition) is 3. The Morgan fingerprint density at radius 2 is 1.82 bits per heavy atom. The molecule has 0 aliphatic heterocycles. The Balaban J connectivity index is 1.74. The molecule has 0 radical (unpaired) electrons. The number of sulfonamides is 1. The van der Waals surface area contributed by atoms with E-state index in [9.17, 15) is 8.42 Å². The Morgan fingerprint density at radius 3 is 2.45 bits per heavy atom. The van der Waals surface area contributed by atoms with Crippen LogP contribution in [0.3, 0.4) is 0 Å². The van der Waals surface area contributed by atoms with Crippen molar-refractivity contribution in [1.29, 1.82) is 0 Å². The zero-order valence-electron chi connectivity index (χ0n) is 13.6. The summed E-state index contributed by atoms with van der Waals surface area (Å²) in [4.78, 5) is 2.68. The van der Waals surface area contributed by atoms with E-state index in [1.165, 1.54) is 0 Å². The molecule has 120 valence electrons. The van der Waals surface area contributed by atoms with Crippen LogP contribution >= 0.6 is 0 Å². The Kier molecular flexibility index (Phi) is 3.59. The van der Waals surface area contributed by atoms with Gasteiger partial charge in [-0.1, -0.05) is 38.5 Å². The van der Waals surface area contributed by atoms with Crippen molar-refractivity contribution < 1.29 is 8.42 Å². The van der Waals surface area contributed by atoms with E-state index in [1.54, 1.807) is 24.3 Å². The van der Waals surface area contributed by atoms with Crippen molar-refractivity contribution in [1.82, 2.24) is 4.83 Å². The molecule has 1 aromatic rings. The third-order valence-corrected chi connectivity index (χ3v) is 6.76. The van der Waals surface area contributed by atoms with E-state index in [2.05, 4.69) is 30.7 Å². The maximum atomic E-state index is 12.3. The number of hydrogen-bond donors (Lipinski definition) is 1. The van der Waals surface area contributed by atoms with Crippen LogP contribution in [0.5, 0.6) is 0 Å². The molecule has 0 aromatic heterocycles. The van der Waals surface area contributed by atoms with Gasteiger partial charge in [0, 0.05) is 5.71 Å². The van der Waals surface area contributed by atoms with Gasteiger partial charge in [-0.2, -0.15) is 13.5 Å². The quantitative estimate of drug-likeness (QED) is 0.868. The van der Waals surface area contributed by atoms with Crippen molar-refractivity contribution in [3.63, 3.8) is 0 Å². The third-order valence-electron chi connectivity index (χ3n) is 5.53. The second kappa shape index (κ2) is 5.08. The summed E-state index contributed by atoms with van der Waals surface area (Å²) in [6.45, 7) is 8.67. The number of hydrazone groups is 1. The van der Waals surface area contributed by atoms with Crippen LogP contribution in [0.4, 0.5) is 0 Å². The molecular formula is C17H24N2O2S. The molecule has 0 saturated heterocycles. The molecule has 22 heavy (non-hydrogen) atoms. The van der Waals surface area contributed by atoms with E-state index in [0.29, 0.717) is 17.3 Å². The summed E-state index contributed by atoms with van der Waals surface area (Å²) in [5.74, 6) is 1.78. The number of fused-ring (bicyclic) bond motifs is 1. The van der Waals surface area contributed by atoms with Gasteiger partial charge < -0.3 is 0 Å². The van der Waals surface area contributed by atoms with E-state index in [-0.39, 0.29) is 4.90 Å². The summed E-state index contributed by atoms with van der Waals surface area (Å²) in [7, 11) is -3.57. The molecule has 2 saturated carbocycles. The summed E-state index contributed by atoms with van der Waals surface area (Å²) >= 11 is 0. The van der Waals surface area contributed by atoms with Crippen LogP contribution in [0.2, 0.25) is 0 Å². The number of aryl methyl sites for hydroxylation is 1. The highest BCUT2D eigenvalue weighted by Gasteiger charge is 2.60. The zero-order chi connectivity index (χ0) is 16.1. The average molecular weight is 320 g/mol. The first-order valence-corrected chi connectivity index (χ1v) is 9.35. The lowest BCUT2D eigenvalue weighted by atomic mass is 9.89. The van der Waals surface area contributed by atoms with Crippen LogP contribution in [-0.4, -0.2) is 14.1 Å². The molecule has 0 heterocycles. The van der Waals surface area contributed by atoms with Gasteiger partial charge >= 0.3 is 0 Å². The molecule has 0 bridgehead atoms. The molecule has 0 spiro atoms. The van der Waals surface area contributed by atoms with Crippen LogP contribution in [0, 0.1) is 30.1 Å². The fraction of sp³-hybridized carbons (Fsp3) is 0.588. The largest absolute Gasteiger partial charge is 0.276 e. The van der Waals surface area contributed by atoms with Crippen LogP contribution in [0.1, 0.15) is 39.2 Å². The molecule has 1 N–H and O–H groups in total. The fourth-order valence-corrected chi connectivity index (χ4v) is 4.56. The van der Waals surface area contributed by atoms with Crippen molar-refractivity contribution in [3.05, 3.63) is 29.8 Å². The first-order valence-electron chi connectivity index (χ1n) is 7.87. The average Bonchev–Trinajstić information content (AvgIpc) is 2.97. The van der Waals surface area contributed by atoms with Gasteiger partial charge in [0.2, 0.25) is 0 Å². The van der Waals surface area contributed by atoms with Gasteiger partial charge in [0.25, 0.3) is 10.0 Å². The fourth-order valence-electron chi connectivity index (χ4n) is 3.72. The predicted octanol–water partition coefficient (Wildman–Crippen LogP) is 3.33. The standard InChI is InChI=1S/C17H24N2O2S/c1-11-5-7-13(8-6-11)22(20,21)19-18-16-10-15-14(9-12(16)2)17(15,3)4/h5-8,12,14-15,19H,9-10H2,1-4H3/b18-16+/t12-,14?,15?/m0/s1. The summed E-state index contributed by atoms with van der Waals surface area (Å²) in [5, 5.41) is 4.26. The summed E-state index contributed by atoms with van der Waals surface area (Å²) in [5.41, 5.74) is 2.41. The molecular weight excluding hydrogens is 296 g/mol. The van der Waals surface area contributed by atoms with Gasteiger partial charge in [-0.3, -0.25) is 0 Å². The van der Waals surface area contributed by atoms with Gasteiger partial charge in [-0.15, -0.1) is 0 Å². The minimum Gasteiger partial charge on any atom is -0.200 e. The minimum atomic E-state index is -3.57. The maximum Gasteiger partial charge on any atom is 0.276 e. The van der Waals surface area contributed by atoms with Crippen molar-refractivity contribution in [3.8, 4) is 0 Å². The molecule has 4 nitrogen and oxygen atoms in total. The number of benzene rings is 1. The first-order chi connectivity index (χ1) is 10.2. The summed E-state index contributed by atoms with van der Waals surface area (Å²) in [6.07, 6.45) is 2.03. The first kappa shape index (κ1) is 15.5. The monoisotopic (exact) mass is 320 g/mol. The summed E-state index contributed by atoms with van der Waals surface area (Å²) < 4.78 is 24.6. The molecule has 2 aliphatic rings. The van der Waals surface area contributed by atoms with Gasteiger partial charge in [0.05, 0.1) is 4.90 Å². The Hall–Kier alpha value is -1.36. The Bertz CT molecular complexity index is 705. The number of nitrogens with zero attached hydrogens (tertiary/aromatic N) is 1. The lowest BCUT2D eigenvalue weighted by Crippen LogP contribution is -2.25. The van der Waals surface area contributed by atoms with Gasteiger partial charge in [0.15, 0.2) is 0 Å². The van der Waals surface area contributed by atoms with Crippen molar-refractivity contribution in [2.75, 3.05) is 0 Å². The van der Waals surface area contributed by atoms with E-state index in [1.807, 2.05) is 6.92 Å². The molecule has 2 fully saturated rings. The van der Waals surface area contributed by atoms with Crippen LogP contribution in [0.25, 0.3) is 0 Å². The van der Waals surface area contributed by atoms with Gasteiger partial charge in [-0.25, -0.2) is 4.83 Å². The third kappa shape index (κ3) is 2.67. The highest BCUT2D eigenvalue weighted by molar-refractivity contribution is 7.89. The molecule has 3 atom stereocenters. The van der Waals surface area contributed by atoms with E-state index >= 15 is 0 Å². The van der Waals surface area contributed by atoms with Crippen molar-refractivity contribution >= 4 is 15.7 Å². The van der Waals surface area contributed by atoms with E-state index in [4.69, 9.17) is 0 Å². The molecule has 3 rings (SSSR count). The number of nitrogens with one attached hydrogen (secondary N) is 1. The predicted molar refractivity (Wildman–Crippen MR) is 88.1 cm³/mol. The van der Waals surface area contributed by atoms with Crippen molar-refractivity contribution in [2.24, 2.45) is 28.3 Å². The highest BCUT2D eigenvalue weighted by atomic mass is 32.2. The lowest BCUT2D eigenvalue weighted by molar-refractivity contribution is 0.495. The molecule has 2 aliphatic carbocycles. The lowest BCUT2D eigenvalue weighted by Gasteiger charge is -2.19. The van der Waals surface area contributed by atoms with Crippen LogP contribution in [-0.2, 0) is 10.0 Å². The number of rotatable bonds is 3. The van der Waals surface area contributed by atoms with Gasteiger partial charge in [0.1, 0.15) is 0 Å². The second-order valence-electron chi connectivity index (χ2n) is 7.39. The molecule has 5 heteroatoms. The van der Waals surface area contributed by atoms with E-state index in [0.717, 1.165) is 30.0 Å². The van der Waals surface area contributed by atoms with Crippen molar-refractivity contribution in [2.45, 2.75) is 45.4 Å². The molecule has 0 amide bonds. The Labute approximate surface area is 133 Å². The van der Waals surface area contributed by atoms with Crippen LogP contribution < -0.4 is 4.83 Å². The Morgan fingerprint density at radius 1 is 1.18 bits per heavy atom. The minimum absolute atomic E-state index is 0.260. The SMILES string of the molecule is Cc1ccc(S(=O)(=O)N/N=C2\CC3C(C[C@@H]2C)C3(C)C)cc1. The molecule has 2 unspecified atom stereocenters. The highest BCUT2D eigenvalue weighted by Crippen LogP contribution is 2.65. The van der Waals surface area contributed by atoms with Gasteiger partial charge in [-0.05, 0) is 55.1 Å². The normalized spacial score (nSPS) is 31.6. The second-order valence-corrected chi connectivity index (χ2v) is 9.05. The maximum absolute atomic E-state index is 12.3. The van der Waals surface area contributed by atoms with E-state index < -0.39 is 10.0 Å². The zero-order valence-corrected chi connectivity index (χ0v) is 14.4. The topological polar surface area (TPSA) is 58.5 Å².